The second kappa shape index (κ2) is 6.96. The first-order valence-electron chi connectivity index (χ1n) is 7.00. The third-order valence-electron chi connectivity index (χ3n) is 3.17. The van der Waals surface area contributed by atoms with Crippen molar-refractivity contribution in [2.24, 2.45) is 0 Å². The number of thiazole rings is 1. The number of carbonyl (C=O) groups excluding carboxylic acids is 1. The highest BCUT2D eigenvalue weighted by Gasteiger charge is 2.29. The van der Waals surface area contributed by atoms with E-state index in [0.29, 0.717) is 4.96 Å². The molecule has 0 aliphatic heterocycles. The van der Waals surface area contributed by atoms with Gasteiger partial charge in [0.1, 0.15) is 11.3 Å². The number of ether oxygens (including phenoxy) is 1. The van der Waals surface area contributed by atoms with Crippen molar-refractivity contribution in [3.05, 3.63) is 56.9 Å². The van der Waals surface area contributed by atoms with E-state index >= 15 is 0 Å². The topological polar surface area (TPSA) is 72.7 Å². The average Bonchev–Trinajstić information content (AvgIpc) is 3.03. The number of rotatable bonds is 4. The summed E-state index contributed by atoms with van der Waals surface area (Å²) in [6.07, 6.45) is -1.98. The van der Waals surface area contributed by atoms with Crippen LogP contribution in [0.1, 0.15) is 10.4 Å². The highest BCUT2D eigenvalue weighted by Crippen LogP contribution is 2.30. The molecule has 2 heterocycles. The number of nitrogens with zero attached hydrogens (tertiary/aromatic N) is 2. The summed E-state index contributed by atoms with van der Waals surface area (Å²) in [5, 5.41) is 4.14. The van der Waals surface area contributed by atoms with Crippen LogP contribution in [0, 0.1) is 0 Å². The Morgan fingerprint density at radius 3 is 2.88 bits per heavy atom. The lowest BCUT2D eigenvalue weighted by Crippen LogP contribution is -2.26. The molecule has 0 spiro atoms. The number of carbonyl (C=O) groups is 1. The van der Waals surface area contributed by atoms with E-state index in [9.17, 15) is 22.8 Å². The Bertz CT molecular complexity index is 1030. The molecule has 1 amide bonds. The zero-order valence-electron chi connectivity index (χ0n) is 12.7. The molecule has 0 radical (unpaired) electrons. The number of aromatic nitrogens is 2. The molecule has 0 unspecified atom stereocenters. The van der Waals surface area contributed by atoms with Crippen molar-refractivity contribution in [1.82, 2.24) is 9.38 Å². The van der Waals surface area contributed by atoms with Gasteiger partial charge in [-0.15, -0.1) is 11.3 Å². The second-order valence-corrected chi connectivity index (χ2v) is 6.34. The van der Waals surface area contributed by atoms with Crippen LogP contribution in [0.3, 0.4) is 0 Å². The minimum absolute atomic E-state index is 0.0958. The number of fused-ring (bicyclic) bond motifs is 1. The van der Waals surface area contributed by atoms with Gasteiger partial charge in [0.2, 0.25) is 0 Å². The number of anilines is 1. The van der Waals surface area contributed by atoms with E-state index in [0.717, 1.165) is 6.20 Å². The third-order valence-corrected chi connectivity index (χ3v) is 4.17. The molecule has 26 heavy (non-hydrogen) atoms. The summed E-state index contributed by atoms with van der Waals surface area (Å²) in [5.41, 5.74) is -0.974. The van der Waals surface area contributed by atoms with E-state index in [1.807, 2.05) is 0 Å². The van der Waals surface area contributed by atoms with Gasteiger partial charge in [-0.05, 0) is 18.2 Å². The van der Waals surface area contributed by atoms with Gasteiger partial charge in [0, 0.05) is 22.8 Å². The van der Waals surface area contributed by atoms with E-state index in [-0.39, 0.29) is 22.0 Å². The van der Waals surface area contributed by atoms with Crippen LogP contribution in [-0.2, 0) is 0 Å². The van der Waals surface area contributed by atoms with Gasteiger partial charge in [0.25, 0.3) is 11.5 Å². The zero-order chi connectivity index (χ0) is 18.9. The summed E-state index contributed by atoms with van der Waals surface area (Å²) < 4.78 is 43.0. The standard InChI is InChI=1S/C15H9ClF3N3O3S/c16-8-1-2-11(25-7-15(17,18)19)10(5-8)21-12(23)9-6-20-14-22(13(9)24)3-4-26-14/h1-6H,7H2,(H,21,23). The molecular formula is C15H9ClF3N3O3S. The lowest BCUT2D eigenvalue weighted by Gasteiger charge is -2.14. The van der Waals surface area contributed by atoms with Crippen LogP contribution in [0.4, 0.5) is 18.9 Å². The van der Waals surface area contributed by atoms with Crippen LogP contribution >= 0.6 is 22.9 Å². The van der Waals surface area contributed by atoms with Crippen molar-refractivity contribution in [3.63, 3.8) is 0 Å². The maximum atomic E-state index is 12.4. The zero-order valence-corrected chi connectivity index (χ0v) is 14.3. The molecule has 11 heteroatoms. The number of amides is 1. The van der Waals surface area contributed by atoms with Gasteiger partial charge in [0.05, 0.1) is 5.69 Å². The van der Waals surface area contributed by atoms with Crippen LogP contribution in [0.15, 0.2) is 40.8 Å². The average molecular weight is 404 g/mol. The van der Waals surface area contributed by atoms with Crippen molar-refractivity contribution in [3.8, 4) is 5.75 Å². The highest BCUT2D eigenvalue weighted by atomic mass is 35.5. The Morgan fingerprint density at radius 1 is 1.38 bits per heavy atom. The van der Waals surface area contributed by atoms with Crippen LogP contribution < -0.4 is 15.6 Å². The molecule has 0 atom stereocenters. The molecule has 2 aromatic heterocycles. The predicted molar refractivity (Wildman–Crippen MR) is 90.3 cm³/mol. The molecule has 1 aromatic carbocycles. The first-order valence-corrected chi connectivity index (χ1v) is 8.26. The van der Waals surface area contributed by atoms with E-state index in [2.05, 4.69) is 15.0 Å². The number of halogens is 4. The fourth-order valence-electron chi connectivity index (χ4n) is 2.06. The van der Waals surface area contributed by atoms with Crippen LogP contribution in [0.5, 0.6) is 5.75 Å². The van der Waals surface area contributed by atoms with Crippen molar-refractivity contribution < 1.29 is 22.7 Å². The SMILES string of the molecule is O=C(Nc1cc(Cl)ccc1OCC(F)(F)F)c1cnc2sccn2c1=O. The number of hydrogen-bond acceptors (Lipinski definition) is 5. The maximum Gasteiger partial charge on any atom is 0.422 e. The Balaban J connectivity index is 1.89. The van der Waals surface area contributed by atoms with Crippen molar-refractivity contribution in [1.29, 1.82) is 0 Å². The van der Waals surface area contributed by atoms with Gasteiger partial charge in [0.15, 0.2) is 11.6 Å². The Kier molecular flexibility index (Phi) is 4.88. The molecule has 136 valence electrons. The van der Waals surface area contributed by atoms with Crippen molar-refractivity contribution in [2.75, 3.05) is 11.9 Å². The van der Waals surface area contributed by atoms with Gasteiger partial charge in [-0.3, -0.25) is 14.0 Å². The Labute approximate surface area is 152 Å². The fraction of sp³-hybridized carbons (Fsp3) is 0.133. The smallest absolute Gasteiger partial charge is 0.422 e. The fourth-order valence-corrected chi connectivity index (χ4v) is 2.90. The van der Waals surface area contributed by atoms with E-state index in [1.54, 1.807) is 5.38 Å². The summed E-state index contributed by atoms with van der Waals surface area (Å²) in [5.74, 6) is -1.08. The van der Waals surface area contributed by atoms with E-state index in [1.165, 1.54) is 40.1 Å². The summed E-state index contributed by atoms with van der Waals surface area (Å²) in [6.45, 7) is -1.54. The minimum atomic E-state index is -4.55. The van der Waals surface area contributed by atoms with E-state index < -0.39 is 24.2 Å². The Hall–Kier alpha value is -2.59. The number of benzene rings is 1. The number of alkyl halides is 3. The molecule has 1 N–H and O–H groups in total. The quantitative estimate of drug-likeness (QED) is 0.722. The molecule has 0 fully saturated rings. The molecule has 0 saturated carbocycles. The lowest BCUT2D eigenvalue weighted by atomic mass is 10.2. The molecule has 3 rings (SSSR count). The van der Waals surface area contributed by atoms with Gasteiger partial charge < -0.3 is 10.1 Å². The van der Waals surface area contributed by atoms with Gasteiger partial charge in [-0.25, -0.2) is 4.98 Å². The molecule has 3 aromatic rings. The summed E-state index contributed by atoms with van der Waals surface area (Å²) in [7, 11) is 0. The summed E-state index contributed by atoms with van der Waals surface area (Å²) in [4.78, 5) is 29.1. The summed E-state index contributed by atoms with van der Waals surface area (Å²) >= 11 is 7.04. The molecule has 0 bridgehead atoms. The molecule has 0 aliphatic rings. The largest absolute Gasteiger partial charge is 0.482 e. The highest BCUT2D eigenvalue weighted by molar-refractivity contribution is 7.15. The third kappa shape index (κ3) is 3.97. The molecule has 0 aliphatic carbocycles. The predicted octanol–water partition coefficient (Wildman–Crippen LogP) is 3.60. The van der Waals surface area contributed by atoms with Crippen LogP contribution in [-0.4, -0.2) is 28.1 Å². The first-order chi connectivity index (χ1) is 12.2. The normalized spacial score (nSPS) is 11.5. The maximum absolute atomic E-state index is 12.4. The van der Waals surface area contributed by atoms with Crippen molar-refractivity contribution >= 4 is 39.5 Å². The lowest BCUT2D eigenvalue weighted by molar-refractivity contribution is -0.153. The summed E-state index contributed by atoms with van der Waals surface area (Å²) in [6, 6.07) is 3.73. The molecule has 6 nitrogen and oxygen atoms in total. The number of nitrogens with one attached hydrogen (secondary N) is 1. The van der Waals surface area contributed by atoms with Gasteiger partial charge in [-0.2, -0.15) is 13.2 Å². The van der Waals surface area contributed by atoms with Crippen LogP contribution in [0.25, 0.3) is 4.96 Å². The minimum Gasteiger partial charge on any atom is -0.482 e. The molecule has 0 saturated heterocycles. The second-order valence-electron chi connectivity index (χ2n) is 5.03. The van der Waals surface area contributed by atoms with Crippen molar-refractivity contribution in [2.45, 2.75) is 6.18 Å². The monoisotopic (exact) mass is 403 g/mol. The van der Waals surface area contributed by atoms with Gasteiger partial charge in [-0.1, -0.05) is 11.6 Å². The van der Waals surface area contributed by atoms with E-state index in [4.69, 9.17) is 11.6 Å². The van der Waals surface area contributed by atoms with Gasteiger partial charge >= 0.3 is 6.18 Å². The number of hydrogen-bond donors (Lipinski definition) is 1. The molecular weight excluding hydrogens is 395 g/mol. The Morgan fingerprint density at radius 2 is 2.15 bits per heavy atom. The van der Waals surface area contributed by atoms with Crippen LogP contribution in [0.2, 0.25) is 5.02 Å². The first kappa shape index (κ1) is 18.2.